The van der Waals surface area contributed by atoms with E-state index in [0.29, 0.717) is 5.56 Å². The molecule has 0 unspecified atom stereocenters. The largest absolute Gasteiger partial charge is 0.353 e. The molecule has 0 nitrogen and oxygen atoms in total. The Balaban J connectivity index is 2.49. The lowest BCUT2D eigenvalue weighted by molar-refractivity contribution is -0.0564. The van der Waals surface area contributed by atoms with Crippen LogP contribution in [-0.2, 0) is 5.75 Å². The SMILES string of the molecule is FC(F)C(F)(F)SCc1ccccc1. The summed E-state index contributed by atoms with van der Waals surface area (Å²) in [5, 5.41) is -3.96. The van der Waals surface area contributed by atoms with Gasteiger partial charge >= 0.3 is 11.7 Å². The fraction of sp³-hybridized carbons (Fsp3) is 0.333. The first-order chi connectivity index (χ1) is 6.52. The van der Waals surface area contributed by atoms with Crippen molar-refractivity contribution >= 4 is 11.8 Å². The van der Waals surface area contributed by atoms with Gasteiger partial charge in [-0.05, 0) is 5.56 Å². The second-order valence-corrected chi connectivity index (χ2v) is 3.76. The van der Waals surface area contributed by atoms with Crippen molar-refractivity contribution in [2.45, 2.75) is 17.4 Å². The van der Waals surface area contributed by atoms with Crippen molar-refractivity contribution < 1.29 is 17.6 Å². The highest BCUT2D eigenvalue weighted by molar-refractivity contribution is 7.99. The quantitative estimate of drug-likeness (QED) is 0.701. The Labute approximate surface area is 83.3 Å². The lowest BCUT2D eigenvalue weighted by Gasteiger charge is -2.13. The Morgan fingerprint density at radius 1 is 1.14 bits per heavy atom. The number of thioether (sulfide) groups is 1. The van der Waals surface area contributed by atoms with E-state index in [4.69, 9.17) is 0 Å². The van der Waals surface area contributed by atoms with Crippen molar-refractivity contribution in [3.05, 3.63) is 35.9 Å². The molecule has 0 saturated heterocycles. The summed E-state index contributed by atoms with van der Waals surface area (Å²) in [6, 6.07) is 8.33. The van der Waals surface area contributed by atoms with E-state index in [2.05, 4.69) is 0 Å². The van der Waals surface area contributed by atoms with Gasteiger partial charge in [-0.15, -0.1) is 0 Å². The molecule has 0 aliphatic heterocycles. The van der Waals surface area contributed by atoms with Gasteiger partial charge in [0.15, 0.2) is 0 Å². The van der Waals surface area contributed by atoms with Crippen LogP contribution in [0, 0.1) is 0 Å². The van der Waals surface area contributed by atoms with Crippen LogP contribution in [0.1, 0.15) is 5.56 Å². The summed E-state index contributed by atoms with van der Waals surface area (Å²) < 4.78 is 48.4. The van der Waals surface area contributed by atoms with Crippen LogP contribution in [0.2, 0.25) is 0 Å². The van der Waals surface area contributed by atoms with Crippen LogP contribution >= 0.6 is 11.8 Å². The smallest absolute Gasteiger partial charge is 0.202 e. The minimum atomic E-state index is -3.96. The first-order valence-electron chi connectivity index (χ1n) is 3.86. The van der Waals surface area contributed by atoms with Crippen LogP contribution in [0.25, 0.3) is 0 Å². The lowest BCUT2D eigenvalue weighted by Crippen LogP contribution is -2.21. The molecule has 5 heteroatoms. The van der Waals surface area contributed by atoms with Gasteiger partial charge in [-0.3, -0.25) is 0 Å². The number of rotatable bonds is 4. The van der Waals surface area contributed by atoms with Crippen LogP contribution in [-0.4, -0.2) is 11.7 Å². The molecule has 78 valence electrons. The summed E-state index contributed by atoms with van der Waals surface area (Å²) in [4.78, 5) is 0. The Morgan fingerprint density at radius 3 is 2.21 bits per heavy atom. The lowest BCUT2D eigenvalue weighted by atomic mass is 10.2. The molecule has 1 aromatic carbocycles. The van der Waals surface area contributed by atoms with Crippen molar-refractivity contribution in [2.24, 2.45) is 0 Å². The molecule has 0 radical (unpaired) electrons. The molecule has 0 saturated carbocycles. The van der Waals surface area contributed by atoms with Crippen LogP contribution in [0.15, 0.2) is 30.3 Å². The predicted molar refractivity (Wildman–Crippen MR) is 48.7 cm³/mol. The highest BCUT2D eigenvalue weighted by atomic mass is 32.2. The number of benzene rings is 1. The molecule has 1 aromatic rings. The molecule has 0 heterocycles. The Kier molecular flexibility index (Phi) is 3.80. The van der Waals surface area contributed by atoms with Gasteiger partial charge in [-0.25, -0.2) is 8.78 Å². The molecule has 0 fully saturated rings. The third kappa shape index (κ3) is 3.21. The van der Waals surface area contributed by atoms with E-state index in [1.54, 1.807) is 30.3 Å². The van der Waals surface area contributed by atoms with E-state index in [1.165, 1.54) is 0 Å². The predicted octanol–water partition coefficient (Wildman–Crippen LogP) is 3.78. The molecule has 0 aromatic heterocycles. The molecule has 0 bridgehead atoms. The number of hydrogen-bond donors (Lipinski definition) is 0. The van der Waals surface area contributed by atoms with Gasteiger partial charge in [0.25, 0.3) is 0 Å². The zero-order valence-electron chi connectivity index (χ0n) is 7.09. The first kappa shape index (κ1) is 11.4. The average Bonchev–Trinajstić information content (AvgIpc) is 2.16. The molecule has 0 atom stereocenters. The van der Waals surface area contributed by atoms with Gasteiger partial charge < -0.3 is 0 Å². The maximum Gasteiger partial charge on any atom is 0.353 e. The van der Waals surface area contributed by atoms with Gasteiger partial charge in [-0.2, -0.15) is 8.78 Å². The van der Waals surface area contributed by atoms with Crippen LogP contribution < -0.4 is 0 Å². The van der Waals surface area contributed by atoms with Crippen LogP contribution in [0.4, 0.5) is 17.6 Å². The molecular weight excluding hydrogens is 216 g/mol. The second kappa shape index (κ2) is 4.68. The summed E-state index contributed by atoms with van der Waals surface area (Å²) in [5.74, 6) is -0.113. The van der Waals surface area contributed by atoms with E-state index in [1.807, 2.05) is 0 Å². The van der Waals surface area contributed by atoms with Crippen molar-refractivity contribution in [2.75, 3.05) is 0 Å². The van der Waals surface area contributed by atoms with E-state index < -0.39 is 11.7 Å². The topological polar surface area (TPSA) is 0 Å². The van der Waals surface area contributed by atoms with Crippen molar-refractivity contribution in [1.82, 2.24) is 0 Å². The van der Waals surface area contributed by atoms with Gasteiger partial charge in [0.1, 0.15) is 0 Å². The second-order valence-electron chi connectivity index (χ2n) is 2.64. The fourth-order valence-electron chi connectivity index (χ4n) is 0.817. The minimum absolute atomic E-state index is 0.0434. The zero-order chi connectivity index (χ0) is 10.6. The summed E-state index contributed by atoms with van der Waals surface area (Å²) in [5.41, 5.74) is 0.609. The fourth-order valence-corrected chi connectivity index (χ4v) is 1.49. The van der Waals surface area contributed by atoms with Crippen LogP contribution in [0.3, 0.4) is 0 Å². The standard InChI is InChI=1S/C9H8F4S/c10-8(11)9(12,13)14-6-7-4-2-1-3-5-7/h1-5,8H,6H2. The maximum atomic E-state index is 12.4. The summed E-state index contributed by atoms with van der Waals surface area (Å²) >= 11 is -0.0434. The maximum absolute atomic E-state index is 12.4. The normalized spacial score (nSPS) is 12.1. The van der Waals surface area contributed by atoms with Gasteiger partial charge in [-0.1, -0.05) is 42.1 Å². The Bertz CT molecular complexity index is 273. The third-order valence-corrected chi connectivity index (χ3v) is 2.57. The number of alkyl halides is 4. The van der Waals surface area contributed by atoms with Crippen LogP contribution in [0.5, 0.6) is 0 Å². The summed E-state index contributed by atoms with van der Waals surface area (Å²) in [6.45, 7) is 0. The monoisotopic (exact) mass is 224 g/mol. The van der Waals surface area contributed by atoms with Gasteiger partial charge in [0, 0.05) is 5.75 Å². The summed E-state index contributed by atoms with van der Waals surface area (Å²) in [6.07, 6.45) is -3.61. The van der Waals surface area contributed by atoms with Gasteiger partial charge in [0.2, 0.25) is 0 Å². The molecule has 0 aliphatic carbocycles. The number of halogens is 4. The molecule has 0 aliphatic rings. The molecule has 0 amide bonds. The van der Waals surface area contributed by atoms with E-state index in [0.717, 1.165) is 0 Å². The van der Waals surface area contributed by atoms with E-state index in [-0.39, 0.29) is 17.5 Å². The van der Waals surface area contributed by atoms with Crippen molar-refractivity contribution in [1.29, 1.82) is 0 Å². The first-order valence-corrected chi connectivity index (χ1v) is 4.85. The highest BCUT2D eigenvalue weighted by Crippen LogP contribution is 2.37. The Hall–Kier alpha value is -0.710. The van der Waals surface area contributed by atoms with Gasteiger partial charge in [0.05, 0.1) is 0 Å². The molecular formula is C9H8F4S. The van der Waals surface area contributed by atoms with E-state index in [9.17, 15) is 17.6 Å². The molecule has 1 rings (SSSR count). The average molecular weight is 224 g/mol. The summed E-state index contributed by atoms with van der Waals surface area (Å²) in [7, 11) is 0. The zero-order valence-corrected chi connectivity index (χ0v) is 7.91. The van der Waals surface area contributed by atoms with Crippen molar-refractivity contribution in [3.63, 3.8) is 0 Å². The highest BCUT2D eigenvalue weighted by Gasteiger charge is 2.40. The molecule has 0 spiro atoms. The Morgan fingerprint density at radius 2 is 1.71 bits per heavy atom. The number of hydrogen-bond acceptors (Lipinski definition) is 1. The van der Waals surface area contributed by atoms with E-state index >= 15 is 0 Å². The molecule has 14 heavy (non-hydrogen) atoms. The third-order valence-electron chi connectivity index (χ3n) is 1.53. The minimum Gasteiger partial charge on any atom is -0.202 e. The molecule has 0 N–H and O–H groups in total. The van der Waals surface area contributed by atoms with Crippen molar-refractivity contribution in [3.8, 4) is 0 Å².